The molecule has 0 unspecified atom stereocenters. The predicted molar refractivity (Wildman–Crippen MR) is 70.4 cm³/mol. The van der Waals surface area contributed by atoms with Crippen molar-refractivity contribution in [1.29, 1.82) is 0 Å². The average Bonchev–Trinajstić information content (AvgIpc) is 2.36. The summed E-state index contributed by atoms with van der Waals surface area (Å²) in [6.45, 7) is 6.91. The minimum absolute atomic E-state index is 0.0276. The van der Waals surface area contributed by atoms with Crippen LogP contribution in [-0.2, 0) is 11.3 Å². The number of rotatable bonds is 6. The lowest BCUT2D eigenvalue weighted by atomic mass is 10.0. The number of pyridine rings is 1. The lowest BCUT2D eigenvalue weighted by Gasteiger charge is -2.24. The first-order chi connectivity index (χ1) is 8.49. The molecule has 0 aliphatic heterocycles. The van der Waals surface area contributed by atoms with Crippen LogP contribution >= 0.6 is 0 Å². The predicted octanol–water partition coefficient (Wildman–Crippen LogP) is 1.09. The van der Waals surface area contributed by atoms with Gasteiger partial charge in [-0.25, -0.2) is 4.98 Å². The van der Waals surface area contributed by atoms with Gasteiger partial charge in [-0.05, 0) is 26.0 Å². The van der Waals surface area contributed by atoms with Gasteiger partial charge in [0.15, 0.2) is 0 Å². The lowest BCUT2D eigenvalue weighted by molar-refractivity contribution is -0.126. The number of hydrogen-bond donors (Lipinski definition) is 2. The molecule has 100 valence electrons. The molecule has 0 bridgehead atoms. The van der Waals surface area contributed by atoms with Crippen LogP contribution in [0.15, 0.2) is 18.3 Å². The molecule has 1 rings (SSSR count). The lowest BCUT2D eigenvalue weighted by Crippen LogP contribution is -2.52. The van der Waals surface area contributed by atoms with Gasteiger partial charge in [0.05, 0.1) is 12.6 Å². The summed E-state index contributed by atoms with van der Waals surface area (Å²) in [5.74, 6) is 0.540. The smallest absolute Gasteiger partial charge is 0.239 e. The molecule has 0 fully saturated rings. The number of carbonyl (C=O) groups excluding carboxylic acids is 1. The first kappa shape index (κ1) is 14.4. The zero-order valence-electron chi connectivity index (χ0n) is 11.4. The molecule has 5 nitrogen and oxygen atoms in total. The fourth-order valence-corrected chi connectivity index (χ4v) is 1.56. The maximum atomic E-state index is 11.9. The molecule has 0 saturated heterocycles. The number of nitrogens with one attached hydrogen (secondary N) is 2. The number of hydrogen-bond acceptors (Lipinski definition) is 4. The van der Waals surface area contributed by atoms with E-state index < -0.39 is 5.54 Å². The SMILES string of the molecule is CCNC(C)(C)C(=O)NCc1ccc(OC)nc1. The Balaban J connectivity index is 2.51. The van der Waals surface area contributed by atoms with Gasteiger partial charge in [0, 0.05) is 18.8 Å². The van der Waals surface area contributed by atoms with E-state index in [0.29, 0.717) is 12.4 Å². The second-order valence-electron chi connectivity index (χ2n) is 4.55. The topological polar surface area (TPSA) is 63.2 Å². The monoisotopic (exact) mass is 251 g/mol. The van der Waals surface area contributed by atoms with Crippen molar-refractivity contribution >= 4 is 5.91 Å². The van der Waals surface area contributed by atoms with E-state index >= 15 is 0 Å². The van der Waals surface area contributed by atoms with Crippen LogP contribution in [0.3, 0.4) is 0 Å². The maximum absolute atomic E-state index is 11.9. The molecule has 0 aromatic carbocycles. The molecule has 1 heterocycles. The van der Waals surface area contributed by atoms with Crippen LogP contribution in [0.2, 0.25) is 0 Å². The van der Waals surface area contributed by atoms with Gasteiger partial charge in [-0.3, -0.25) is 4.79 Å². The summed E-state index contributed by atoms with van der Waals surface area (Å²) >= 11 is 0. The number of carbonyl (C=O) groups is 1. The van der Waals surface area contributed by atoms with Gasteiger partial charge in [0.2, 0.25) is 11.8 Å². The molecule has 1 aromatic heterocycles. The van der Waals surface area contributed by atoms with Gasteiger partial charge in [0.25, 0.3) is 0 Å². The first-order valence-corrected chi connectivity index (χ1v) is 6.02. The largest absolute Gasteiger partial charge is 0.481 e. The maximum Gasteiger partial charge on any atom is 0.239 e. The molecule has 0 aliphatic carbocycles. The standard InChI is InChI=1S/C13H21N3O2/c1-5-16-13(2,3)12(17)15-9-10-6-7-11(18-4)14-8-10/h6-8,16H,5,9H2,1-4H3,(H,15,17). The van der Waals surface area contributed by atoms with Crippen LogP contribution in [-0.4, -0.2) is 30.1 Å². The fourth-order valence-electron chi connectivity index (χ4n) is 1.56. The highest BCUT2D eigenvalue weighted by Crippen LogP contribution is 2.07. The summed E-state index contributed by atoms with van der Waals surface area (Å²) in [6.07, 6.45) is 1.69. The second kappa shape index (κ2) is 6.35. The van der Waals surface area contributed by atoms with Crippen molar-refractivity contribution in [2.45, 2.75) is 32.9 Å². The highest BCUT2D eigenvalue weighted by Gasteiger charge is 2.25. The zero-order chi connectivity index (χ0) is 13.6. The average molecular weight is 251 g/mol. The van der Waals surface area contributed by atoms with E-state index in [0.717, 1.165) is 12.1 Å². The molecule has 2 N–H and O–H groups in total. The molecular formula is C13H21N3O2. The van der Waals surface area contributed by atoms with Crippen LogP contribution in [0.25, 0.3) is 0 Å². The van der Waals surface area contributed by atoms with E-state index in [1.165, 1.54) is 0 Å². The Morgan fingerprint density at radius 1 is 1.44 bits per heavy atom. The van der Waals surface area contributed by atoms with Crippen molar-refractivity contribution in [3.05, 3.63) is 23.9 Å². The Labute approximate surface area is 108 Å². The Bertz CT molecular complexity index is 388. The summed E-state index contributed by atoms with van der Waals surface area (Å²) in [4.78, 5) is 16.0. The van der Waals surface area contributed by atoms with E-state index in [1.54, 1.807) is 19.4 Å². The summed E-state index contributed by atoms with van der Waals surface area (Å²) in [5.41, 5.74) is 0.380. The van der Waals surface area contributed by atoms with E-state index in [-0.39, 0.29) is 5.91 Å². The van der Waals surface area contributed by atoms with Crippen LogP contribution in [0.4, 0.5) is 0 Å². The van der Waals surface area contributed by atoms with Crippen LogP contribution < -0.4 is 15.4 Å². The zero-order valence-corrected chi connectivity index (χ0v) is 11.4. The van der Waals surface area contributed by atoms with E-state index in [1.807, 2.05) is 26.8 Å². The number of aromatic nitrogens is 1. The van der Waals surface area contributed by atoms with Crippen molar-refractivity contribution in [2.75, 3.05) is 13.7 Å². The van der Waals surface area contributed by atoms with E-state index in [4.69, 9.17) is 4.74 Å². The summed E-state index contributed by atoms with van der Waals surface area (Å²) < 4.78 is 4.97. The molecule has 1 aromatic rings. The normalized spacial score (nSPS) is 11.1. The van der Waals surface area contributed by atoms with E-state index in [9.17, 15) is 4.79 Å². The van der Waals surface area contributed by atoms with Gasteiger partial charge < -0.3 is 15.4 Å². The Kier molecular flexibility index (Phi) is 5.09. The molecule has 5 heteroatoms. The third-order valence-electron chi connectivity index (χ3n) is 2.65. The van der Waals surface area contributed by atoms with Crippen molar-refractivity contribution in [1.82, 2.24) is 15.6 Å². The van der Waals surface area contributed by atoms with Crippen molar-refractivity contribution in [2.24, 2.45) is 0 Å². The molecule has 0 saturated carbocycles. The van der Waals surface area contributed by atoms with Crippen LogP contribution in [0, 0.1) is 0 Å². The van der Waals surface area contributed by atoms with Gasteiger partial charge in [-0.2, -0.15) is 0 Å². The van der Waals surface area contributed by atoms with Crippen molar-refractivity contribution in [3.8, 4) is 5.88 Å². The van der Waals surface area contributed by atoms with Gasteiger partial charge in [-0.1, -0.05) is 13.0 Å². The number of ether oxygens (including phenoxy) is 1. The second-order valence-corrected chi connectivity index (χ2v) is 4.55. The third-order valence-corrected chi connectivity index (χ3v) is 2.65. The summed E-state index contributed by atoms with van der Waals surface area (Å²) in [7, 11) is 1.57. The minimum atomic E-state index is -0.561. The van der Waals surface area contributed by atoms with Crippen LogP contribution in [0.5, 0.6) is 5.88 Å². The highest BCUT2D eigenvalue weighted by molar-refractivity contribution is 5.85. The fraction of sp³-hybridized carbons (Fsp3) is 0.538. The number of nitrogens with zero attached hydrogens (tertiary/aromatic N) is 1. The third kappa shape index (κ3) is 4.00. The molecule has 18 heavy (non-hydrogen) atoms. The summed E-state index contributed by atoms with van der Waals surface area (Å²) in [6, 6.07) is 3.66. The van der Waals surface area contributed by atoms with Crippen LogP contribution in [0.1, 0.15) is 26.3 Å². The number of methoxy groups -OCH3 is 1. The molecule has 0 atom stereocenters. The number of amides is 1. The van der Waals surface area contributed by atoms with Crippen molar-refractivity contribution in [3.63, 3.8) is 0 Å². The first-order valence-electron chi connectivity index (χ1n) is 6.02. The molecule has 0 radical (unpaired) electrons. The molecule has 1 amide bonds. The Hall–Kier alpha value is -1.62. The summed E-state index contributed by atoms with van der Waals surface area (Å²) in [5, 5.41) is 6.01. The molecule has 0 spiro atoms. The Morgan fingerprint density at radius 3 is 2.67 bits per heavy atom. The quantitative estimate of drug-likeness (QED) is 0.794. The number of likely N-dealkylation sites (N-methyl/N-ethyl adjacent to an activating group) is 1. The minimum Gasteiger partial charge on any atom is -0.481 e. The highest BCUT2D eigenvalue weighted by atomic mass is 16.5. The van der Waals surface area contributed by atoms with Gasteiger partial charge in [-0.15, -0.1) is 0 Å². The Morgan fingerprint density at radius 2 is 2.17 bits per heavy atom. The molecule has 0 aliphatic rings. The van der Waals surface area contributed by atoms with Gasteiger partial charge >= 0.3 is 0 Å². The van der Waals surface area contributed by atoms with Crippen molar-refractivity contribution < 1.29 is 9.53 Å². The molecular weight excluding hydrogens is 230 g/mol. The van der Waals surface area contributed by atoms with Gasteiger partial charge in [0.1, 0.15) is 0 Å². The van der Waals surface area contributed by atoms with E-state index in [2.05, 4.69) is 15.6 Å².